The monoisotopic (exact) mass is 247 g/mol. The van der Waals surface area contributed by atoms with E-state index in [0.717, 1.165) is 22.3 Å². The van der Waals surface area contributed by atoms with E-state index in [1.54, 1.807) is 0 Å². The molecule has 0 aliphatic rings. The van der Waals surface area contributed by atoms with Gasteiger partial charge in [-0.15, -0.1) is 11.3 Å². The van der Waals surface area contributed by atoms with E-state index >= 15 is 0 Å². The van der Waals surface area contributed by atoms with Crippen molar-refractivity contribution in [1.29, 1.82) is 0 Å². The molecule has 12 heavy (non-hydrogen) atoms. The zero-order valence-corrected chi connectivity index (χ0v) is 8.56. The van der Waals surface area contributed by atoms with Crippen LogP contribution in [0, 0.1) is 0 Å². The summed E-state index contributed by atoms with van der Waals surface area (Å²) in [4.78, 5) is 0.927. The van der Waals surface area contributed by atoms with E-state index in [2.05, 4.69) is 0 Å². The van der Waals surface area contributed by atoms with Crippen molar-refractivity contribution in [1.82, 2.24) is 4.89 Å². The molecule has 0 aliphatic carbocycles. The quantitative estimate of drug-likeness (QED) is 0.783. The van der Waals surface area contributed by atoms with Crippen molar-refractivity contribution in [2.75, 3.05) is 0 Å². The minimum atomic E-state index is -3.91. The normalized spacial score (nSPS) is 11.9. The van der Waals surface area contributed by atoms with E-state index in [-0.39, 0.29) is 13.6 Å². The number of hydrogen-bond acceptors (Lipinski definition) is 4. The van der Waals surface area contributed by atoms with Crippen molar-refractivity contribution < 1.29 is 13.6 Å². The van der Waals surface area contributed by atoms with Crippen LogP contribution in [-0.4, -0.2) is 13.6 Å². The number of halogens is 2. The Bertz CT molecular complexity index is 385. The molecule has 0 aliphatic heterocycles. The van der Waals surface area contributed by atoms with E-state index in [0.29, 0.717) is 0 Å². The lowest BCUT2D eigenvalue weighted by Crippen LogP contribution is -2.18. The Labute approximate surface area is 82.7 Å². The van der Waals surface area contributed by atoms with Gasteiger partial charge in [0.1, 0.15) is 9.23 Å². The summed E-state index contributed by atoms with van der Waals surface area (Å²) in [5, 5.41) is 8.25. The molecule has 0 aromatic carbocycles. The molecule has 0 amide bonds. The molecule has 0 atom stereocenters. The minimum absolute atomic E-state index is 0.0153. The fourth-order valence-electron chi connectivity index (χ4n) is 0.558. The zero-order chi connectivity index (χ0) is 9.35. The Morgan fingerprint density at radius 1 is 1.50 bits per heavy atom. The first kappa shape index (κ1) is 10.2. The third-order valence-corrected chi connectivity index (χ3v) is 3.91. The Balaban J connectivity index is 3.29. The van der Waals surface area contributed by atoms with Gasteiger partial charge in [-0.25, -0.2) is 8.42 Å². The summed E-state index contributed by atoms with van der Waals surface area (Å²) in [7, 11) is -3.91. The largest absolute Gasteiger partial charge is 0.302 e. The molecule has 2 N–H and O–H groups in total. The molecule has 0 bridgehead atoms. The van der Waals surface area contributed by atoms with Crippen molar-refractivity contribution in [2.45, 2.75) is 4.90 Å². The average Bonchev–Trinajstić information content (AvgIpc) is 2.31. The van der Waals surface area contributed by atoms with Crippen LogP contribution in [0.5, 0.6) is 0 Å². The van der Waals surface area contributed by atoms with Crippen molar-refractivity contribution >= 4 is 44.6 Å². The predicted molar refractivity (Wildman–Crippen MR) is 46.4 cm³/mol. The van der Waals surface area contributed by atoms with Gasteiger partial charge >= 0.3 is 0 Å². The number of rotatable bonds is 2. The van der Waals surface area contributed by atoms with Crippen molar-refractivity contribution in [3.05, 3.63) is 14.7 Å². The smallest absolute Gasteiger partial charge is 0.264 e. The van der Waals surface area contributed by atoms with Crippen LogP contribution >= 0.6 is 34.5 Å². The Morgan fingerprint density at radius 3 is 2.42 bits per heavy atom. The summed E-state index contributed by atoms with van der Waals surface area (Å²) >= 11 is 11.9. The Kier molecular flexibility index (Phi) is 2.97. The Hall–Kier alpha value is 0.150. The van der Waals surface area contributed by atoms with Crippen LogP contribution in [-0.2, 0) is 10.0 Å². The van der Waals surface area contributed by atoms with Crippen molar-refractivity contribution in [3.63, 3.8) is 0 Å². The summed E-state index contributed by atoms with van der Waals surface area (Å²) in [6, 6.07) is 1.16. The second-order valence-electron chi connectivity index (χ2n) is 1.78. The van der Waals surface area contributed by atoms with Gasteiger partial charge in [-0.05, 0) is 6.07 Å². The van der Waals surface area contributed by atoms with Crippen LogP contribution in [0.1, 0.15) is 0 Å². The first-order chi connectivity index (χ1) is 5.47. The molecular formula is C4H3Cl2NO3S2. The molecule has 1 aromatic heterocycles. The van der Waals surface area contributed by atoms with Gasteiger partial charge in [0.05, 0.1) is 4.34 Å². The van der Waals surface area contributed by atoms with Gasteiger partial charge in [-0.2, -0.15) is 0 Å². The van der Waals surface area contributed by atoms with Gasteiger partial charge in [-0.1, -0.05) is 28.1 Å². The fourth-order valence-corrected chi connectivity index (χ4v) is 3.31. The maximum Gasteiger partial charge on any atom is 0.264 e. The van der Waals surface area contributed by atoms with Gasteiger partial charge in [-0.3, -0.25) is 0 Å². The molecule has 0 fully saturated rings. The molecule has 1 rings (SSSR count). The third kappa shape index (κ3) is 1.90. The van der Waals surface area contributed by atoms with Crippen LogP contribution < -0.4 is 4.89 Å². The van der Waals surface area contributed by atoms with Crippen molar-refractivity contribution in [3.8, 4) is 0 Å². The molecule has 0 radical (unpaired) electrons. The van der Waals surface area contributed by atoms with Crippen LogP contribution in [0.4, 0.5) is 0 Å². The highest BCUT2D eigenvalue weighted by atomic mass is 35.5. The first-order valence-electron chi connectivity index (χ1n) is 2.58. The number of sulfonamides is 1. The predicted octanol–water partition coefficient (Wildman–Crippen LogP) is 1.72. The maximum absolute atomic E-state index is 10.9. The van der Waals surface area contributed by atoms with E-state index in [9.17, 15) is 8.42 Å². The van der Waals surface area contributed by atoms with E-state index in [1.165, 1.54) is 0 Å². The van der Waals surface area contributed by atoms with Gasteiger partial charge in [0.15, 0.2) is 0 Å². The van der Waals surface area contributed by atoms with Crippen LogP contribution in [0.2, 0.25) is 8.67 Å². The number of hydrogen-bond donors (Lipinski definition) is 2. The number of thiophene rings is 1. The molecule has 4 nitrogen and oxygen atoms in total. The second-order valence-corrected chi connectivity index (χ2v) is 5.70. The summed E-state index contributed by atoms with van der Waals surface area (Å²) in [6.45, 7) is 0. The molecule has 0 unspecified atom stereocenters. The van der Waals surface area contributed by atoms with Gasteiger partial charge in [0.2, 0.25) is 0 Å². The van der Waals surface area contributed by atoms with Crippen LogP contribution in [0.25, 0.3) is 0 Å². The summed E-state index contributed by atoms with van der Waals surface area (Å²) in [5.41, 5.74) is 0. The fraction of sp³-hybridized carbons (Fsp3) is 0. The summed E-state index contributed by atoms with van der Waals surface area (Å²) in [5.74, 6) is 0. The van der Waals surface area contributed by atoms with Gasteiger partial charge < -0.3 is 5.21 Å². The summed E-state index contributed by atoms with van der Waals surface area (Å²) in [6.07, 6.45) is 0. The van der Waals surface area contributed by atoms with Crippen LogP contribution in [0.3, 0.4) is 0 Å². The van der Waals surface area contributed by atoms with Gasteiger partial charge in [0, 0.05) is 0 Å². The third-order valence-electron chi connectivity index (χ3n) is 1.04. The lowest BCUT2D eigenvalue weighted by atomic mass is 10.7. The van der Waals surface area contributed by atoms with Crippen LogP contribution in [0.15, 0.2) is 11.0 Å². The lowest BCUT2D eigenvalue weighted by molar-refractivity contribution is 0.242. The van der Waals surface area contributed by atoms with E-state index in [1.807, 2.05) is 0 Å². The maximum atomic E-state index is 10.9. The first-order valence-corrected chi connectivity index (χ1v) is 5.63. The molecule has 68 valence electrons. The number of nitrogens with one attached hydrogen (secondary N) is 1. The highest BCUT2D eigenvalue weighted by molar-refractivity contribution is 7.89. The lowest BCUT2D eigenvalue weighted by Gasteiger charge is -1.96. The van der Waals surface area contributed by atoms with Crippen molar-refractivity contribution in [2.24, 2.45) is 0 Å². The highest BCUT2D eigenvalue weighted by Crippen LogP contribution is 2.33. The molecule has 0 saturated carbocycles. The molecule has 1 aromatic rings. The molecule has 0 saturated heterocycles. The van der Waals surface area contributed by atoms with Gasteiger partial charge in [0.25, 0.3) is 10.0 Å². The standard InChI is InChI=1S/C4H3Cl2NO3S2/c5-3-1-2(4(6)11-3)12(9,10)7-8/h1,7-8H. The zero-order valence-electron chi connectivity index (χ0n) is 5.41. The van der Waals surface area contributed by atoms with E-state index < -0.39 is 10.0 Å². The topological polar surface area (TPSA) is 66.4 Å². The molecule has 1 heterocycles. The minimum Gasteiger partial charge on any atom is -0.302 e. The molecule has 0 spiro atoms. The molecule has 8 heteroatoms. The second kappa shape index (κ2) is 3.49. The van der Waals surface area contributed by atoms with E-state index in [4.69, 9.17) is 28.4 Å². The summed E-state index contributed by atoms with van der Waals surface area (Å²) < 4.78 is 22.1. The molecular weight excluding hydrogens is 245 g/mol. The highest BCUT2D eigenvalue weighted by Gasteiger charge is 2.19. The SMILES string of the molecule is O=S(=O)(NO)c1cc(Cl)sc1Cl. The Morgan fingerprint density at radius 2 is 2.08 bits per heavy atom. The average molecular weight is 248 g/mol.